The van der Waals surface area contributed by atoms with Crippen LogP contribution in [0.15, 0.2) is 51.2 Å². The number of nitrogens with zero attached hydrogens (tertiary/aromatic N) is 2. The van der Waals surface area contributed by atoms with E-state index in [9.17, 15) is 4.79 Å². The molecule has 2 heterocycles. The van der Waals surface area contributed by atoms with Crippen LogP contribution in [0.2, 0.25) is 0 Å². The monoisotopic (exact) mass is 335 g/mol. The van der Waals surface area contributed by atoms with Crippen LogP contribution in [0.5, 0.6) is 0 Å². The second kappa shape index (κ2) is 5.14. The molecule has 0 spiro atoms. The summed E-state index contributed by atoms with van der Waals surface area (Å²) >= 11 is 4.88. The largest absolute Gasteiger partial charge is 0.379 e. The number of fused-ring (bicyclic) bond motifs is 1. The first kappa shape index (κ1) is 12.4. The molecule has 0 saturated heterocycles. The lowest BCUT2D eigenvalue weighted by Gasteiger charge is -2.06. The van der Waals surface area contributed by atoms with E-state index in [-0.39, 0.29) is 5.56 Å². The zero-order valence-corrected chi connectivity index (χ0v) is 12.2. The second-order valence-electron chi connectivity index (χ2n) is 4.01. The fourth-order valence-corrected chi connectivity index (χ4v) is 2.91. The number of benzene rings is 1. The molecule has 0 aliphatic carbocycles. The Morgan fingerprint density at radius 2 is 2.26 bits per heavy atom. The SMILES string of the molecule is O=c1cc(CNc2cccc(Br)c2)nc2sccn12. The van der Waals surface area contributed by atoms with Gasteiger partial charge in [0, 0.05) is 27.8 Å². The summed E-state index contributed by atoms with van der Waals surface area (Å²) in [4.78, 5) is 17.0. The molecule has 3 aromatic rings. The smallest absolute Gasteiger partial charge is 0.258 e. The second-order valence-corrected chi connectivity index (χ2v) is 5.79. The number of rotatable bonds is 3. The van der Waals surface area contributed by atoms with E-state index >= 15 is 0 Å². The first-order valence-corrected chi connectivity index (χ1v) is 7.35. The van der Waals surface area contributed by atoms with Gasteiger partial charge in [0.15, 0.2) is 4.96 Å². The standard InChI is InChI=1S/C13H10BrN3OS/c14-9-2-1-3-10(6-9)15-8-11-7-12(18)17-4-5-19-13(17)16-11/h1-7,15H,8H2. The van der Waals surface area contributed by atoms with Gasteiger partial charge in [0.1, 0.15) is 0 Å². The van der Waals surface area contributed by atoms with E-state index in [1.165, 1.54) is 11.3 Å². The van der Waals surface area contributed by atoms with E-state index in [0.717, 1.165) is 20.8 Å². The summed E-state index contributed by atoms with van der Waals surface area (Å²) in [7, 11) is 0. The van der Waals surface area contributed by atoms with Crippen LogP contribution in [0.1, 0.15) is 5.69 Å². The molecule has 3 rings (SSSR count). The third kappa shape index (κ3) is 2.69. The molecule has 4 nitrogen and oxygen atoms in total. The predicted octanol–water partition coefficient (Wildman–Crippen LogP) is 3.13. The molecule has 1 aromatic carbocycles. The van der Waals surface area contributed by atoms with Crippen molar-refractivity contribution < 1.29 is 0 Å². The molecule has 0 unspecified atom stereocenters. The van der Waals surface area contributed by atoms with Crippen LogP contribution in [-0.2, 0) is 6.54 Å². The van der Waals surface area contributed by atoms with Crippen molar-refractivity contribution in [3.8, 4) is 0 Å². The molecule has 2 aromatic heterocycles. The summed E-state index contributed by atoms with van der Waals surface area (Å²) in [6.07, 6.45) is 1.74. The highest BCUT2D eigenvalue weighted by Gasteiger charge is 2.03. The maximum atomic E-state index is 11.8. The molecular formula is C13H10BrN3OS. The van der Waals surface area contributed by atoms with Gasteiger partial charge in [-0.2, -0.15) is 0 Å². The molecular weight excluding hydrogens is 326 g/mol. The van der Waals surface area contributed by atoms with Gasteiger partial charge in [0.2, 0.25) is 0 Å². The molecule has 6 heteroatoms. The minimum Gasteiger partial charge on any atom is -0.379 e. The van der Waals surface area contributed by atoms with E-state index < -0.39 is 0 Å². The summed E-state index contributed by atoms with van der Waals surface area (Å²) in [5.41, 5.74) is 1.69. The highest BCUT2D eigenvalue weighted by molar-refractivity contribution is 9.10. The molecule has 0 atom stereocenters. The van der Waals surface area contributed by atoms with Gasteiger partial charge < -0.3 is 5.32 Å². The summed E-state index contributed by atoms with van der Waals surface area (Å²) < 4.78 is 2.56. The Morgan fingerprint density at radius 3 is 3.11 bits per heavy atom. The number of hydrogen-bond acceptors (Lipinski definition) is 4. The fourth-order valence-electron chi connectivity index (χ4n) is 1.77. The van der Waals surface area contributed by atoms with E-state index in [0.29, 0.717) is 6.54 Å². The van der Waals surface area contributed by atoms with Gasteiger partial charge in [-0.25, -0.2) is 4.98 Å². The van der Waals surface area contributed by atoms with Crippen LogP contribution in [-0.4, -0.2) is 9.38 Å². The fraction of sp³-hybridized carbons (Fsp3) is 0.0769. The van der Waals surface area contributed by atoms with Gasteiger partial charge in [-0.15, -0.1) is 11.3 Å². The van der Waals surface area contributed by atoms with Crippen molar-refractivity contribution in [2.45, 2.75) is 6.54 Å². The highest BCUT2D eigenvalue weighted by atomic mass is 79.9. The lowest BCUT2D eigenvalue weighted by Crippen LogP contribution is -2.14. The predicted molar refractivity (Wildman–Crippen MR) is 80.8 cm³/mol. The zero-order valence-electron chi connectivity index (χ0n) is 9.84. The Morgan fingerprint density at radius 1 is 1.37 bits per heavy atom. The third-order valence-corrected chi connectivity index (χ3v) is 3.90. The molecule has 0 saturated carbocycles. The first-order valence-electron chi connectivity index (χ1n) is 5.67. The van der Waals surface area contributed by atoms with Crippen LogP contribution < -0.4 is 10.9 Å². The van der Waals surface area contributed by atoms with Gasteiger partial charge in [-0.1, -0.05) is 22.0 Å². The quantitative estimate of drug-likeness (QED) is 0.799. The molecule has 0 radical (unpaired) electrons. The number of thiazole rings is 1. The third-order valence-electron chi connectivity index (χ3n) is 2.65. The number of hydrogen-bond donors (Lipinski definition) is 1. The molecule has 0 bridgehead atoms. The Bertz CT molecular complexity index is 781. The van der Waals surface area contributed by atoms with Crippen molar-refractivity contribution >= 4 is 37.9 Å². The van der Waals surface area contributed by atoms with Gasteiger partial charge in [0.25, 0.3) is 5.56 Å². The minimum absolute atomic E-state index is 0.0442. The molecule has 0 fully saturated rings. The molecule has 19 heavy (non-hydrogen) atoms. The summed E-state index contributed by atoms with van der Waals surface area (Å²) in [5.74, 6) is 0. The Labute approximate surface area is 121 Å². The van der Waals surface area contributed by atoms with Crippen LogP contribution >= 0.6 is 27.3 Å². The van der Waals surface area contributed by atoms with E-state index in [4.69, 9.17) is 0 Å². The molecule has 0 aliphatic rings. The highest BCUT2D eigenvalue weighted by Crippen LogP contribution is 2.16. The van der Waals surface area contributed by atoms with E-state index in [2.05, 4.69) is 26.2 Å². The molecule has 0 amide bonds. The lowest BCUT2D eigenvalue weighted by molar-refractivity contribution is 0.990. The van der Waals surface area contributed by atoms with Crippen molar-refractivity contribution in [3.05, 3.63) is 62.4 Å². The summed E-state index contributed by atoms with van der Waals surface area (Å²) in [6, 6.07) is 9.44. The lowest BCUT2D eigenvalue weighted by atomic mass is 10.3. The van der Waals surface area contributed by atoms with Crippen molar-refractivity contribution in [1.29, 1.82) is 0 Å². The molecule has 1 N–H and O–H groups in total. The number of aromatic nitrogens is 2. The number of anilines is 1. The van der Waals surface area contributed by atoms with Gasteiger partial charge >= 0.3 is 0 Å². The van der Waals surface area contributed by atoms with Gasteiger partial charge in [-0.3, -0.25) is 9.20 Å². The van der Waals surface area contributed by atoms with E-state index in [1.807, 2.05) is 29.6 Å². The number of nitrogens with one attached hydrogen (secondary N) is 1. The maximum absolute atomic E-state index is 11.8. The zero-order chi connectivity index (χ0) is 13.2. The van der Waals surface area contributed by atoms with Gasteiger partial charge in [0.05, 0.1) is 12.2 Å². The Hall–Kier alpha value is -1.66. The average molecular weight is 336 g/mol. The van der Waals surface area contributed by atoms with E-state index in [1.54, 1.807) is 16.7 Å². The summed E-state index contributed by atoms with van der Waals surface area (Å²) in [5, 5.41) is 5.11. The Kier molecular flexibility index (Phi) is 3.35. The van der Waals surface area contributed by atoms with Crippen LogP contribution in [0.3, 0.4) is 0 Å². The minimum atomic E-state index is -0.0442. The van der Waals surface area contributed by atoms with Crippen molar-refractivity contribution in [2.24, 2.45) is 0 Å². The van der Waals surface area contributed by atoms with Crippen molar-refractivity contribution in [2.75, 3.05) is 5.32 Å². The van der Waals surface area contributed by atoms with Crippen molar-refractivity contribution in [1.82, 2.24) is 9.38 Å². The van der Waals surface area contributed by atoms with Crippen LogP contribution in [0.4, 0.5) is 5.69 Å². The maximum Gasteiger partial charge on any atom is 0.258 e. The topological polar surface area (TPSA) is 46.4 Å². The molecule has 0 aliphatic heterocycles. The van der Waals surface area contributed by atoms with Gasteiger partial charge in [-0.05, 0) is 18.2 Å². The van der Waals surface area contributed by atoms with Crippen LogP contribution in [0, 0.1) is 0 Å². The average Bonchev–Trinajstić information content (AvgIpc) is 2.85. The Balaban J connectivity index is 1.83. The van der Waals surface area contributed by atoms with Crippen molar-refractivity contribution in [3.63, 3.8) is 0 Å². The number of halogens is 1. The molecule has 96 valence electrons. The first-order chi connectivity index (χ1) is 9.22. The van der Waals surface area contributed by atoms with Crippen LogP contribution in [0.25, 0.3) is 4.96 Å². The summed E-state index contributed by atoms with van der Waals surface area (Å²) in [6.45, 7) is 0.528. The normalized spacial score (nSPS) is 10.8.